The fourth-order valence-electron chi connectivity index (χ4n) is 8.18. The summed E-state index contributed by atoms with van der Waals surface area (Å²) in [5.41, 5.74) is 6.30. The van der Waals surface area contributed by atoms with Gasteiger partial charge in [0.1, 0.15) is 0 Å². The number of alkyl halides is 3. The molecule has 6 rings (SSSR count). The van der Waals surface area contributed by atoms with E-state index in [1.807, 2.05) is 10.3 Å². The highest BCUT2D eigenvalue weighted by molar-refractivity contribution is 7.08. The molecule has 9 nitrogen and oxygen atoms in total. The average molecular weight is 723 g/mol. The lowest BCUT2D eigenvalue weighted by Crippen LogP contribution is -2.50. The molecule has 14 heteroatoms. The lowest BCUT2D eigenvalue weighted by atomic mass is 9.78. The Kier molecular flexibility index (Phi) is 11.0. The largest absolute Gasteiger partial charge is 0.418 e. The van der Waals surface area contributed by atoms with Crippen LogP contribution in [-0.2, 0) is 28.6 Å². The maximum atomic E-state index is 14.1. The van der Waals surface area contributed by atoms with Crippen LogP contribution in [0.3, 0.4) is 0 Å². The normalized spacial score (nSPS) is 21.3. The van der Waals surface area contributed by atoms with Gasteiger partial charge < -0.3 is 30.7 Å². The van der Waals surface area contributed by atoms with E-state index >= 15 is 0 Å². The van der Waals surface area contributed by atoms with Gasteiger partial charge in [0.15, 0.2) is 0 Å². The lowest BCUT2D eigenvalue weighted by Gasteiger charge is -2.40. The molecule has 0 aliphatic carbocycles. The Hall–Kier alpha value is -3.03. The second kappa shape index (κ2) is 15.1. The quantitative estimate of drug-likeness (QED) is 0.331. The summed E-state index contributed by atoms with van der Waals surface area (Å²) in [6, 6.07) is 2.18. The van der Waals surface area contributed by atoms with Gasteiger partial charge in [-0.3, -0.25) is 9.59 Å². The zero-order chi connectivity index (χ0) is 34.9. The number of likely N-dealkylation sites (tertiary alicyclic amines) is 3. The van der Waals surface area contributed by atoms with Crippen molar-refractivity contribution in [2.75, 3.05) is 63.9 Å². The van der Waals surface area contributed by atoms with Gasteiger partial charge in [-0.05, 0) is 112 Å². The number of anilines is 2. The number of nitrogen functional groups attached to an aromatic ring is 1. The number of halogens is 4. The number of urea groups is 1. The number of hydrogen-bond acceptors (Lipinski definition) is 6. The number of thiophene rings is 1. The first kappa shape index (κ1) is 35.8. The van der Waals surface area contributed by atoms with Crippen molar-refractivity contribution in [2.45, 2.75) is 70.0 Å². The van der Waals surface area contributed by atoms with Crippen molar-refractivity contribution in [2.24, 2.45) is 17.8 Å². The summed E-state index contributed by atoms with van der Waals surface area (Å²) in [6.45, 7) is 4.78. The van der Waals surface area contributed by atoms with Gasteiger partial charge in [-0.25, -0.2) is 4.79 Å². The van der Waals surface area contributed by atoms with Gasteiger partial charge in [-0.15, -0.1) is 11.3 Å². The predicted octanol–water partition coefficient (Wildman–Crippen LogP) is 6.21. The number of amides is 4. The van der Waals surface area contributed by atoms with E-state index in [1.54, 1.807) is 21.1 Å². The molecule has 49 heavy (non-hydrogen) atoms. The molecule has 1 aromatic carbocycles. The van der Waals surface area contributed by atoms with Crippen LogP contribution in [-0.4, -0.2) is 96.3 Å². The molecule has 0 unspecified atom stereocenters. The molecule has 4 aliphatic rings. The van der Waals surface area contributed by atoms with Gasteiger partial charge >= 0.3 is 12.2 Å². The molecule has 5 heterocycles. The van der Waals surface area contributed by atoms with Crippen LogP contribution in [0.25, 0.3) is 0 Å². The first-order valence-electron chi connectivity index (χ1n) is 17.4. The topological polar surface area (TPSA) is 102 Å². The number of rotatable bonds is 7. The highest BCUT2D eigenvalue weighted by atomic mass is 35.5. The van der Waals surface area contributed by atoms with Crippen LogP contribution in [0.15, 0.2) is 22.9 Å². The molecule has 0 radical (unpaired) electrons. The SMILES string of the molecule is CN1CCC(C2CCN(C(=O)[C@H](CC(=O)N3CCC(N4CCc5cscc5NC4=O)CC3)Cc3cc(Cl)c(N)c(C(F)(F)F)c3)CC2)CC1. The number of piperidine rings is 3. The summed E-state index contributed by atoms with van der Waals surface area (Å²) in [5.74, 6) is -0.0822. The molecule has 0 spiro atoms. The Morgan fingerprint density at radius 2 is 1.59 bits per heavy atom. The zero-order valence-corrected chi connectivity index (χ0v) is 29.5. The minimum Gasteiger partial charge on any atom is -0.397 e. The van der Waals surface area contributed by atoms with Crippen molar-refractivity contribution in [3.05, 3.63) is 44.6 Å². The van der Waals surface area contributed by atoms with Crippen LogP contribution < -0.4 is 11.1 Å². The van der Waals surface area contributed by atoms with E-state index in [4.69, 9.17) is 17.3 Å². The van der Waals surface area contributed by atoms with Gasteiger partial charge in [0.2, 0.25) is 11.8 Å². The second-order valence-electron chi connectivity index (χ2n) is 14.2. The van der Waals surface area contributed by atoms with Gasteiger partial charge in [-0.1, -0.05) is 11.6 Å². The van der Waals surface area contributed by atoms with Crippen LogP contribution in [0, 0.1) is 17.8 Å². The molecule has 1 aromatic heterocycles. The number of carbonyl (C=O) groups excluding carboxylic acids is 3. The fraction of sp³-hybridized carbons (Fsp3) is 0.629. The average Bonchev–Trinajstić information content (AvgIpc) is 3.45. The maximum absolute atomic E-state index is 14.1. The molecule has 268 valence electrons. The van der Waals surface area contributed by atoms with E-state index in [2.05, 4.69) is 22.6 Å². The maximum Gasteiger partial charge on any atom is 0.418 e. The molecule has 3 saturated heterocycles. The van der Waals surface area contributed by atoms with E-state index in [0.29, 0.717) is 57.4 Å². The molecule has 3 N–H and O–H groups in total. The van der Waals surface area contributed by atoms with Crippen LogP contribution >= 0.6 is 22.9 Å². The van der Waals surface area contributed by atoms with Crippen molar-refractivity contribution in [3.8, 4) is 0 Å². The number of hydrogen-bond donors (Lipinski definition) is 2. The van der Waals surface area contributed by atoms with Crippen molar-refractivity contribution in [3.63, 3.8) is 0 Å². The van der Waals surface area contributed by atoms with Crippen LogP contribution in [0.5, 0.6) is 0 Å². The summed E-state index contributed by atoms with van der Waals surface area (Å²) < 4.78 is 41.5. The smallest absolute Gasteiger partial charge is 0.397 e. The number of nitrogens with two attached hydrogens (primary N) is 1. The number of fused-ring (bicyclic) bond motifs is 1. The first-order chi connectivity index (χ1) is 23.4. The van der Waals surface area contributed by atoms with Gasteiger partial charge in [0, 0.05) is 50.6 Å². The molecule has 3 fully saturated rings. The highest BCUT2D eigenvalue weighted by Crippen LogP contribution is 2.39. The van der Waals surface area contributed by atoms with E-state index in [-0.39, 0.29) is 47.3 Å². The Morgan fingerprint density at radius 3 is 2.24 bits per heavy atom. The van der Waals surface area contributed by atoms with E-state index in [9.17, 15) is 27.6 Å². The molecule has 0 bridgehead atoms. The van der Waals surface area contributed by atoms with Crippen molar-refractivity contribution < 1.29 is 27.6 Å². The Labute approximate surface area is 294 Å². The van der Waals surface area contributed by atoms with Gasteiger partial charge in [0.05, 0.1) is 27.9 Å². The molecule has 0 saturated carbocycles. The fourth-order valence-corrected chi connectivity index (χ4v) is 9.24. The number of carbonyl (C=O) groups is 3. The third kappa shape index (κ3) is 8.31. The monoisotopic (exact) mass is 722 g/mol. The summed E-state index contributed by atoms with van der Waals surface area (Å²) in [4.78, 5) is 48.6. The Balaban J connectivity index is 1.12. The summed E-state index contributed by atoms with van der Waals surface area (Å²) in [5, 5.41) is 6.77. The Morgan fingerprint density at radius 1 is 0.959 bits per heavy atom. The first-order valence-corrected chi connectivity index (χ1v) is 18.7. The van der Waals surface area contributed by atoms with E-state index < -0.39 is 23.3 Å². The van der Waals surface area contributed by atoms with Crippen molar-refractivity contribution >= 4 is 52.2 Å². The summed E-state index contributed by atoms with van der Waals surface area (Å²) >= 11 is 7.71. The van der Waals surface area contributed by atoms with Crippen LogP contribution in [0.4, 0.5) is 29.3 Å². The third-order valence-electron chi connectivity index (χ3n) is 11.2. The van der Waals surface area contributed by atoms with Crippen LogP contribution in [0.2, 0.25) is 5.02 Å². The minimum atomic E-state index is -4.71. The van der Waals surface area contributed by atoms with Crippen molar-refractivity contribution in [1.29, 1.82) is 0 Å². The Bertz CT molecular complexity index is 1510. The van der Waals surface area contributed by atoms with Crippen molar-refractivity contribution in [1.82, 2.24) is 19.6 Å². The predicted molar refractivity (Wildman–Crippen MR) is 186 cm³/mol. The van der Waals surface area contributed by atoms with E-state index in [0.717, 1.165) is 62.5 Å². The summed E-state index contributed by atoms with van der Waals surface area (Å²) in [6.07, 6.45) is 1.17. The molecule has 4 aliphatic heterocycles. The molecular formula is C35H46ClF3N6O3S. The van der Waals surface area contributed by atoms with E-state index in [1.165, 1.54) is 6.07 Å². The zero-order valence-electron chi connectivity index (χ0n) is 27.9. The number of nitrogens with one attached hydrogen (secondary N) is 1. The molecular weight excluding hydrogens is 677 g/mol. The summed E-state index contributed by atoms with van der Waals surface area (Å²) in [7, 11) is 2.14. The second-order valence-corrected chi connectivity index (χ2v) is 15.4. The standard InChI is InChI=1S/C35H46ClF3N6O3S/c1-42-9-2-23(3-10-42)24-4-11-44(12-5-24)33(47)26(16-22-17-28(35(37,38)39)32(40)29(36)18-22)19-31(46)43-13-7-27(8-14-43)45-15-6-25-20-49-21-30(25)41-34(45)48/h17-18,20-21,23-24,26-27H,2-16,19,40H2,1H3,(H,41,48)/t26-/m0/s1. The highest BCUT2D eigenvalue weighted by Gasteiger charge is 2.38. The lowest BCUT2D eigenvalue weighted by molar-refractivity contribution is -0.143. The third-order valence-corrected chi connectivity index (χ3v) is 12.3. The number of nitrogens with zero attached hydrogens (tertiary/aromatic N) is 4. The molecule has 4 amide bonds. The molecule has 2 aromatic rings. The van der Waals surface area contributed by atoms with Crippen LogP contribution in [0.1, 0.15) is 61.6 Å². The minimum absolute atomic E-state index is 0.0160. The van der Waals surface area contributed by atoms with Gasteiger partial charge in [0.25, 0.3) is 0 Å². The number of benzene rings is 1. The molecule has 1 atom stereocenters. The van der Waals surface area contributed by atoms with Gasteiger partial charge in [-0.2, -0.15) is 13.2 Å².